The van der Waals surface area contributed by atoms with Crippen LogP contribution < -0.4 is 10.6 Å². The molecule has 0 aromatic rings. The van der Waals surface area contributed by atoms with Crippen LogP contribution in [0, 0.1) is 5.41 Å². The molecular weight excluding hydrogens is 172 g/mol. The molecule has 0 heterocycles. The van der Waals surface area contributed by atoms with Crippen molar-refractivity contribution in [1.29, 1.82) is 0 Å². The van der Waals surface area contributed by atoms with Crippen molar-refractivity contribution in [2.45, 2.75) is 53.0 Å². The highest BCUT2D eigenvalue weighted by atomic mass is 14.9. The van der Waals surface area contributed by atoms with Gasteiger partial charge in [0.2, 0.25) is 0 Å². The highest BCUT2D eigenvalue weighted by Gasteiger charge is 2.11. The van der Waals surface area contributed by atoms with Gasteiger partial charge in [-0.2, -0.15) is 0 Å². The van der Waals surface area contributed by atoms with Crippen LogP contribution in [0.4, 0.5) is 0 Å². The lowest BCUT2D eigenvalue weighted by atomic mass is 9.92. The zero-order valence-electron chi connectivity index (χ0n) is 10.6. The van der Waals surface area contributed by atoms with E-state index in [0.29, 0.717) is 11.5 Å². The molecule has 0 saturated carbocycles. The van der Waals surface area contributed by atoms with E-state index in [4.69, 9.17) is 0 Å². The molecule has 1 atom stereocenters. The third-order valence-electron chi connectivity index (χ3n) is 2.54. The molecule has 1 unspecified atom stereocenters. The molecule has 0 aromatic heterocycles. The molecule has 0 spiro atoms. The molecule has 14 heavy (non-hydrogen) atoms. The molecule has 0 rings (SSSR count). The second kappa shape index (κ2) is 7.24. The first-order valence-corrected chi connectivity index (χ1v) is 5.87. The van der Waals surface area contributed by atoms with E-state index in [1.807, 2.05) is 7.05 Å². The second-order valence-corrected chi connectivity index (χ2v) is 5.26. The largest absolute Gasteiger partial charge is 0.320 e. The Morgan fingerprint density at radius 3 is 2.21 bits per heavy atom. The van der Waals surface area contributed by atoms with Gasteiger partial charge in [0.15, 0.2) is 0 Å². The Labute approximate surface area is 89.9 Å². The highest BCUT2D eigenvalue weighted by molar-refractivity contribution is 4.69. The lowest BCUT2D eigenvalue weighted by Gasteiger charge is -2.22. The zero-order valence-corrected chi connectivity index (χ0v) is 10.6. The maximum absolute atomic E-state index is 3.62. The highest BCUT2D eigenvalue weighted by Crippen LogP contribution is 2.17. The van der Waals surface area contributed by atoms with E-state index in [2.05, 4.69) is 38.3 Å². The average molecular weight is 200 g/mol. The summed E-state index contributed by atoms with van der Waals surface area (Å²) in [5.74, 6) is 0. The van der Waals surface area contributed by atoms with Gasteiger partial charge in [-0.15, -0.1) is 0 Å². The molecule has 0 radical (unpaired) electrons. The summed E-state index contributed by atoms with van der Waals surface area (Å²) in [7, 11) is 2.02. The van der Waals surface area contributed by atoms with E-state index >= 15 is 0 Å². The van der Waals surface area contributed by atoms with E-state index < -0.39 is 0 Å². The Bertz CT molecular complexity index is 127. The van der Waals surface area contributed by atoms with Crippen molar-refractivity contribution in [2.24, 2.45) is 5.41 Å². The number of hydrogen-bond acceptors (Lipinski definition) is 2. The van der Waals surface area contributed by atoms with Crippen LogP contribution in [-0.4, -0.2) is 26.2 Å². The van der Waals surface area contributed by atoms with Crippen LogP contribution in [0.3, 0.4) is 0 Å². The van der Waals surface area contributed by atoms with E-state index in [0.717, 1.165) is 13.1 Å². The molecular formula is C12H28N2. The molecule has 0 saturated heterocycles. The van der Waals surface area contributed by atoms with Gasteiger partial charge >= 0.3 is 0 Å². The first-order chi connectivity index (χ1) is 6.49. The predicted octanol–water partition coefficient (Wildman–Crippen LogP) is 2.40. The Hall–Kier alpha value is -0.0800. The van der Waals surface area contributed by atoms with Crippen LogP contribution in [0.5, 0.6) is 0 Å². The summed E-state index contributed by atoms with van der Waals surface area (Å²) in [6, 6.07) is 0.685. The van der Waals surface area contributed by atoms with Gasteiger partial charge < -0.3 is 10.6 Å². The van der Waals surface area contributed by atoms with Crippen LogP contribution in [-0.2, 0) is 0 Å². The van der Waals surface area contributed by atoms with Crippen LogP contribution in [0.15, 0.2) is 0 Å². The minimum Gasteiger partial charge on any atom is -0.320 e. The third kappa shape index (κ3) is 8.52. The Balaban J connectivity index is 3.52. The number of hydrogen-bond donors (Lipinski definition) is 2. The molecule has 0 fully saturated rings. The maximum atomic E-state index is 3.62. The molecule has 0 bridgehead atoms. The topological polar surface area (TPSA) is 24.1 Å². The first-order valence-electron chi connectivity index (χ1n) is 5.87. The summed E-state index contributed by atoms with van der Waals surface area (Å²) in [5, 5.41) is 6.82. The zero-order chi connectivity index (χ0) is 11.0. The van der Waals surface area contributed by atoms with Crippen LogP contribution in [0.1, 0.15) is 47.0 Å². The monoisotopic (exact) mass is 200 g/mol. The van der Waals surface area contributed by atoms with Crippen molar-refractivity contribution in [3.05, 3.63) is 0 Å². The molecule has 0 amide bonds. The second-order valence-electron chi connectivity index (χ2n) is 5.26. The summed E-state index contributed by atoms with van der Waals surface area (Å²) in [4.78, 5) is 0. The Kier molecular flexibility index (Phi) is 7.20. The first kappa shape index (κ1) is 13.9. The lowest BCUT2D eigenvalue weighted by molar-refractivity contribution is 0.346. The molecule has 2 nitrogen and oxygen atoms in total. The molecule has 86 valence electrons. The van der Waals surface area contributed by atoms with Crippen molar-refractivity contribution >= 4 is 0 Å². The average Bonchev–Trinajstić information content (AvgIpc) is 2.09. The minimum atomic E-state index is 0.453. The Morgan fingerprint density at radius 2 is 1.79 bits per heavy atom. The summed E-state index contributed by atoms with van der Waals surface area (Å²) in [5.41, 5.74) is 0.453. The molecule has 2 heteroatoms. The molecule has 0 aliphatic rings. The van der Waals surface area contributed by atoms with Gasteiger partial charge in [0.05, 0.1) is 0 Å². The van der Waals surface area contributed by atoms with Gasteiger partial charge in [0, 0.05) is 6.04 Å². The van der Waals surface area contributed by atoms with Gasteiger partial charge in [-0.25, -0.2) is 0 Å². The molecule has 0 aromatic carbocycles. The van der Waals surface area contributed by atoms with Crippen molar-refractivity contribution < 1.29 is 0 Å². The third-order valence-corrected chi connectivity index (χ3v) is 2.54. The summed E-state index contributed by atoms with van der Waals surface area (Å²) >= 11 is 0. The van der Waals surface area contributed by atoms with Gasteiger partial charge in [0.25, 0.3) is 0 Å². The molecule has 0 aliphatic heterocycles. The summed E-state index contributed by atoms with van der Waals surface area (Å²) in [6.45, 7) is 11.4. The van der Waals surface area contributed by atoms with Crippen molar-refractivity contribution in [1.82, 2.24) is 10.6 Å². The van der Waals surface area contributed by atoms with Crippen molar-refractivity contribution in [3.8, 4) is 0 Å². The van der Waals surface area contributed by atoms with Crippen molar-refractivity contribution in [2.75, 3.05) is 20.1 Å². The fraction of sp³-hybridized carbons (Fsp3) is 1.00. The summed E-state index contributed by atoms with van der Waals surface area (Å²) in [6.07, 6.45) is 3.71. The van der Waals surface area contributed by atoms with Gasteiger partial charge in [-0.1, -0.05) is 27.7 Å². The minimum absolute atomic E-state index is 0.453. The van der Waals surface area contributed by atoms with Gasteiger partial charge in [-0.05, 0) is 44.8 Å². The number of rotatable bonds is 7. The maximum Gasteiger partial charge on any atom is 0.00765 e. The van der Waals surface area contributed by atoms with E-state index in [1.54, 1.807) is 0 Å². The van der Waals surface area contributed by atoms with Crippen LogP contribution >= 0.6 is 0 Å². The van der Waals surface area contributed by atoms with E-state index in [-0.39, 0.29) is 0 Å². The Morgan fingerprint density at radius 1 is 1.14 bits per heavy atom. The quantitative estimate of drug-likeness (QED) is 0.659. The van der Waals surface area contributed by atoms with E-state index in [9.17, 15) is 0 Å². The number of nitrogens with one attached hydrogen (secondary N) is 2. The van der Waals surface area contributed by atoms with Gasteiger partial charge in [-0.3, -0.25) is 0 Å². The smallest absolute Gasteiger partial charge is 0.00765 e. The van der Waals surface area contributed by atoms with Crippen LogP contribution in [0.2, 0.25) is 0 Å². The SMILES string of the molecule is CCC(CCNC)NCCC(C)(C)C. The fourth-order valence-corrected chi connectivity index (χ4v) is 1.42. The fourth-order valence-electron chi connectivity index (χ4n) is 1.42. The molecule has 2 N–H and O–H groups in total. The standard InChI is InChI=1S/C12H28N2/c1-6-11(7-9-13-5)14-10-8-12(2,3)4/h11,13-14H,6-10H2,1-5H3. The predicted molar refractivity (Wildman–Crippen MR) is 64.7 cm³/mol. The normalized spacial score (nSPS) is 14.4. The summed E-state index contributed by atoms with van der Waals surface area (Å²) < 4.78 is 0. The van der Waals surface area contributed by atoms with Crippen LogP contribution in [0.25, 0.3) is 0 Å². The van der Waals surface area contributed by atoms with Gasteiger partial charge in [0.1, 0.15) is 0 Å². The van der Waals surface area contributed by atoms with E-state index in [1.165, 1.54) is 19.3 Å². The molecule has 0 aliphatic carbocycles. The van der Waals surface area contributed by atoms with Crippen molar-refractivity contribution in [3.63, 3.8) is 0 Å². The lowest BCUT2D eigenvalue weighted by Crippen LogP contribution is -2.33.